The lowest BCUT2D eigenvalue weighted by Crippen LogP contribution is -2.53. The van der Waals surface area contributed by atoms with Gasteiger partial charge in [-0.2, -0.15) is 0 Å². The average molecular weight is 610 g/mol. The first-order chi connectivity index (χ1) is 20.6. The maximum Gasteiger partial charge on any atom is 0.264 e. The number of hydrogen-bond acceptors (Lipinski definition) is 5. The van der Waals surface area contributed by atoms with Gasteiger partial charge in [-0.15, -0.1) is 0 Å². The Morgan fingerprint density at radius 2 is 1.63 bits per heavy atom. The minimum Gasteiger partial charge on any atom is -0.494 e. The predicted octanol–water partition coefficient (Wildman–Crippen LogP) is 5.59. The minimum atomic E-state index is -4.30. The zero-order valence-electron chi connectivity index (χ0n) is 25.0. The van der Waals surface area contributed by atoms with Crippen LogP contribution in [0.5, 0.6) is 5.75 Å². The zero-order valence-corrected chi connectivity index (χ0v) is 25.8. The summed E-state index contributed by atoms with van der Waals surface area (Å²) in [5, 5.41) is 3.10. The van der Waals surface area contributed by atoms with Crippen LogP contribution in [0.15, 0.2) is 77.7 Å². The van der Waals surface area contributed by atoms with E-state index in [1.807, 2.05) is 38.1 Å². The van der Waals surface area contributed by atoms with Crippen LogP contribution in [0.1, 0.15) is 57.1 Å². The van der Waals surface area contributed by atoms with Crippen molar-refractivity contribution >= 4 is 27.5 Å². The molecule has 1 atom stereocenters. The normalized spacial score (nSPS) is 14.5. The molecular weight excluding hydrogens is 569 g/mol. The second-order valence-electron chi connectivity index (χ2n) is 10.9. The molecule has 3 aromatic carbocycles. The van der Waals surface area contributed by atoms with Crippen molar-refractivity contribution in [3.63, 3.8) is 0 Å². The van der Waals surface area contributed by atoms with Gasteiger partial charge in [-0.25, -0.2) is 12.8 Å². The topological polar surface area (TPSA) is 96.0 Å². The van der Waals surface area contributed by atoms with E-state index in [1.165, 1.54) is 17.0 Å². The van der Waals surface area contributed by atoms with Crippen molar-refractivity contribution in [1.29, 1.82) is 0 Å². The first kappa shape index (κ1) is 32.0. The molecule has 3 aromatic rings. The van der Waals surface area contributed by atoms with E-state index in [4.69, 9.17) is 4.74 Å². The SMILES string of the molecule is CCOc1ccc(N(CC(=O)N(Cc2ccccc2C)[C@@H](C)C(=O)NC2CCCCC2)S(=O)(=O)c2ccc(F)cc2)cc1. The Bertz CT molecular complexity index is 1490. The first-order valence-corrected chi connectivity index (χ1v) is 16.2. The van der Waals surface area contributed by atoms with Crippen molar-refractivity contribution < 1.29 is 27.1 Å². The molecule has 1 fully saturated rings. The van der Waals surface area contributed by atoms with Crippen LogP contribution in [0.25, 0.3) is 0 Å². The number of benzene rings is 3. The van der Waals surface area contributed by atoms with Crippen LogP contribution < -0.4 is 14.4 Å². The molecule has 0 spiro atoms. The lowest BCUT2D eigenvalue weighted by atomic mass is 9.95. The van der Waals surface area contributed by atoms with E-state index in [0.717, 1.165) is 59.7 Å². The van der Waals surface area contributed by atoms with Crippen molar-refractivity contribution in [1.82, 2.24) is 10.2 Å². The molecule has 0 bridgehead atoms. The van der Waals surface area contributed by atoms with Gasteiger partial charge in [0.25, 0.3) is 10.0 Å². The standard InChI is InChI=1S/C33H40FN3O5S/c1-4-42-30-18-16-29(17-19-30)37(43(40,41)31-20-14-27(34)15-21-31)23-32(38)36(22-26-11-9-8-10-24(26)2)25(3)33(39)35-28-12-6-5-7-13-28/h8-11,14-21,25,28H,4-7,12-13,22-23H2,1-3H3,(H,35,39)/t25-/m0/s1. The van der Waals surface area contributed by atoms with Gasteiger partial charge in [0, 0.05) is 12.6 Å². The molecule has 0 heterocycles. The number of nitrogens with zero attached hydrogens (tertiary/aromatic N) is 2. The predicted molar refractivity (Wildman–Crippen MR) is 165 cm³/mol. The van der Waals surface area contributed by atoms with Gasteiger partial charge < -0.3 is 15.0 Å². The summed E-state index contributed by atoms with van der Waals surface area (Å²) < 4.78 is 48.0. The number of amides is 2. The van der Waals surface area contributed by atoms with E-state index in [-0.39, 0.29) is 29.1 Å². The molecule has 1 aliphatic rings. The number of aryl methyl sites for hydroxylation is 1. The van der Waals surface area contributed by atoms with Crippen LogP contribution >= 0.6 is 0 Å². The second kappa shape index (κ2) is 14.5. The fourth-order valence-corrected chi connectivity index (χ4v) is 6.67. The summed E-state index contributed by atoms with van der Waals surface area (Å²) in [5.41, 5.74) is 2.03. The number of carbonyl (C=O) groups is 2. The Labute approximate surface area is 253 Å². The highest BCUT2D eigenvalue weighted by Crippen LogP contribution is 2.27. The molecule has 0 radical (unpaired) electrons. The number of hydrogen-bond donors (Lipinski definition) is 1. The lowest BCUT2D eigenvalue weighted by Gasteiger charge is -2.33. The maximum atomic E-state index is 14.1. The van der Waals surface area contributed by atoms with Crippen molar-refractivity contribution in [2.24, 2.45) is 0 Å². The van der Waals surface area contributed by atoms with Gasteiger partial charge in [-0.05, 0) is 93.3 Å². The molecule has 0 aromatic heterocycles. The Kier molecular flexibility index (Phi) is 10.8. The molecule has 1 aliphatic carbocycles. The number of anilines is 1. The summed E-state index contributed by atoms with van der Waals surface area (Å²) in [6.07, 6.45) is 5.02. The summed E-state index contributed by atoms with van der Waals surface area (Å²) >= 11 is 0. The smallest absolute Gasteiger partial charge is 0.264 e. The second-order valence-corrected chi connectivity index (χ2v) is 12.7. The zero-order chi connectivity index (χ0) is 31.0. The van der Waals surface area contributed by atoms with Crippen LogP contribution in [0.4, 0.5) is 10.1 Å². The van der Waals surface area contributed by atoms with Crippen LogP contribution in [0.3, 0.4) is 0 Å². The molecule has 0 unspecified atom stereocenters. The molecule has 43 heavy (non-hydrogen) atoms. The third-order valence-corrected chi connectivity index (χ3v) is 9.63. The molecule has 10 heteroatoms. The summed E-state index contributed by atoms with van der Waals surface area (Å²) in [4.78, 5) is 28.9. The lowest BCUT2D eigenvalue weighted by molar-refractivity contribution is -0.139. The van der Waals surface area contributed by atoms with E-state index in [2.05, 4.69) is 5.32 Å². The maximum absolute atomic E-state index is 14.1. The number of ether oxygens (including phenoxy) is 1. The van der Waals surface area contributed by atoms with Gasteiger partial charge >= 0.3 is 0 Å². The third-order valence-electron chi connectivity index (χ3n) is 7.84. The Morgan fingerprint density at radius 1 is 0.977 bits per heavy atom. The van der Waals surface area contributed by atoms with Gasteiger partial charge in [-0.1, -0.05) is 43.5 Å². The van der Waals surface area contributed by atoms with Crippen LogP contribution in [-0.2, 0) is 26.2 Å². The molecule has 8 nitrogen and oxygen atoms in total. The fraction of sp³-hybridized carbons (Fsp3) is 0.394. The summed E-state index contributed by atoms with van der Waals surface area (Å²) in [6, 6.07) is 17.6. The summed E-state index contributed by atoms with van der Waals surface area (Å²) in [5.74, 6) is -0.854. The highest BCUT2D eigenvalue weighted by molar-refractivity contribution is 7.92. The van der Waals surface area contributed by atoms with Gasteiger partial charge in [-0.3, -0.25) is 13.9 Å². The number of sulfonamides is 1. The van der Waals surface area contributed by atoms with Gasteiger partial charge in [0.05, 0.1) is 17.2 Å². The highest BCUT2D eigenvalue weighted by atomic mass is 32.2. The van der Waals surface area contributed by atoms with Crippen LogP contribution in [0, 0.1) is 12.7 Å². The fourth-order valence-electron chi connectivity index (χ4n) is 5.26. The number of rotatable bonds is 12. The summed E-state index contributed by atoms with van der Waals surface area (Å²) in [6.45, 7) is 5.43. The Balaban J connectivity index is 1.68. The van der Waals surface area contributed by atoms with E-state index in [0.29, 0.717) is 12.4 Å². The molecule has 2 amide bonds. The van der Waals surface area contributed by atoms with Gasteiger partial charge in [0.15, 0.2) is 0 Å². The quantitative estimate of drug-likeness (QED) is 0.289. The molecular formula is C33H40FN3O5S. The average Bonchev–Trinajstić information content (AvgIpc) is 3.00. The Hall–Kier alpha value is -3.92. The van der Waals surface area contributed by atoms with Crippen molar-refractivity contribution in [2.75, 3.05) is 17.5 Å². The van der Waals surface area contributed by atoms with E-state index in [9.17, 15) is 22.4 Å². The van der Waals surface area contributed by atoms with Gasteiger partial charge in [0.1, 0.15) is 24.2 Å². The van der Waals surface area contributed by atoms with Gasteiger partial charge in [0.2, 0.25) is 11.8 Å². The van der Waals surface area contributed by atoms with Crippen LogP contribution in [-0.4, -0.2) is 50.4 Å². The van der Waals surface area contributed by atoms with E-state index >= 15 is 0 Å². The molecule has 1 N–H and O–H groups in total. The van der Waals surface area contributed by atoms with Crippen molar-refractivity contribution in [3.8, 4) is 5.75 Å². The third kappa shape index (κ3) is 8.13. The van der Waals surface area contributed by atoms with Crippen molar-refractivity contribution in [3.05, 3.63) is 89.7 Å². The van der Waals surface area contributed by atoms with Crippen LogP contribution in [0.2, 0.25) is 0 Å². The van der Waals surface area contributed by atoms with E-state index in [1.54, 1.807) is 31.2 Å². The highest BCUT2D eigenvalue weighted by Gasteiger charge is 2.33. The van der Waals surface area contributed by atoms with Crippen molar-refractivity contribution in [2.45, 2.75) is 76.4 Å². The molecule has 4 rings (SSSR count). The molecule has 0 aliphatic heterocycles. The molecule has 1 saturated carbocycles. The molecule has 0 saturated heterocycles. The minimum absolute atomic E-state index is 0.0540. The largest absolute Gasteiger partial charge is 0.494 e. The number of halogens is 1. The molecule has 230 valence electrons. The first-order valence-electron chi connectivity index (χ1n) is 14.8. The Morgan fingerprint density at radius 3 is 2.26 bits per heavy atom. The van der Waals surface area contributed by atoms with E-state index < -0.39 is 34.3 Å². The number of nitrogens with one attached hydrogen (secondary N) is 1. The monoisotopic (exact) mass is 609 g/mol. The number of carbonyl (C=O) groups excluding carboxylic acids is 2. The summed E-state index contributed by atoms with van der Waals surface area (Å²) in [7, 11) is -4.30.